The quantitative estimate of drug-likeness (QED) is 0.179. The van der Waals surface area contributed by atoms with Crippen molar-refractivity contribution < 1.29 is 24.2 Å². The topological polar surface area (TPSA) is 72.8 Å². The monoisotopic (exact) mass is 614 g/mol. The lowest BCUT2D eigenvalue weighted by Crippen LogP contribution is -2.57. The third-order valence-corrected chi connectivity index (χ3v) is 11.3. The number of aromatic hydroxyl groups is 1. The number of ether oxygens (including phenoxy) is 2. The maximum absolute atomic E-state index is 13.0. The Kier molecular flexibility index (Phi) is 7.96. The lowest BCUT2D eigenvalue weighted by Gasteiger charge is -2.61. The van der Waals surface area contributed by atoms with E-state index in [1.807, 2.05) is 42.5 Å². The molecule has 5 heteroatoms. The molecule has 4 aromatic carbocycles. The zero-order chi connectivity index (χ0) is 31.9. The van der Waals surface area contributed by atoms with Crippen LogP contribution in [0.25, 0.3) is 0 Å². The van der Waals surface area contributed by atoms with E-state index in [0.29, 0.717) is 40.4 Å². The molecule has 1 spiro atoms. The van der Waals surface area contributed by atoms with Gasteiger partial charge in [0.1, 0.15) is 17.2 Å². The molecule has 0 unspecified atom stereocenters. The number of esters is 2. The molecule has 0 saturated heterocycles. The average Bonchev–Trinajstić information content (AvgIpc) is 3.07. The minimum atomic E-state index is -0.449. The van der Waals surface area contributed by atoms with E-state index < -0.39 is 5.97 Å². The summed E-state index contributed by atoms with van der Waals surface area (Å²) >= 11 is 0. The lowest BCUT2D eigenvalue weighted by atomic mass is 9.43. The van der Waals surface area contributed by atoms with Crippen LogP contribution in [0.4, 0.5) is 0 Å². The fourth-order valence-corrected chi connectivity index (χ4v) is 8.97. The Balaban J connectivity index is 1.29. The molecule has 2 saturated carbocycles. The van der Waals surface area contributed by atoms with Crippen LogP contribution in [0.15, 0.2) is 97.1 Å². The number of hydrogen-bond donors (Lipinski definition) is 1. The number of carbonyl (C=O) groups is 2. The van der Waals surface area contributed by atoms with Crippen molar-refractivity contribution in [1.82, 2.24) is 0 Å². The number of fused-ring (bicyclic) bond motifs is 4. The second-order valence-electron chi connectivity index (χ2n) is 14.1. The molecule has 46 heavy (non-hydrogen) atoms. The standard InChI is InChI=1S/C41H42O5/c1-27-17-20-40(21-18-27)34-15-13-32(45-38(43)29-9-5-3-6-10-29)24-31(34)26-41(22-19-28(2)23-37(40)41)35-16-14-33(25-36(35)42)46-39(44)30-11-7-4-8-12-30/h3-16,24-25,27-28,37,42H,17-23,26H2,1-2H3/t27?,28-,37+,40?,41-/m0/s1. The summed E-state index contributed by atoms with van der Waals surface area (Å²) in [5.74, 6) is 1.87. The number of phenols is 1. The number of hydrogen-bond acceptors (Lipinski definition) is 5. The van der Waals surface area contributed by atoms with Crippen LogP contribution in [-0.2, 0) is 17.3 Å². The van der Waals surface area contributed by atoms with Gasteiger partial charge in [-0.2, -0.15) is 0 Å². The van der Waals surface area contributed by atoms with Crippen molar-refractivity contribution in [1.29, 1.82) is 0 Å². The van der Waals surface area contributed by atoms with Crippen molar-refractivity contribution in [2.45, 2.75) is 76.0 Å². The fraction of sp³-hybridized carbons (Fsp3) is 0.366. The van der Waals surface area contributed by atoms with Crippen LogP contribution in [0, 0.1) is 17.8 Å². The van der Waals surface area contributed by atoms with Crippen molar-refractivity contribution in [3.63, 3.8) is 0 Å². The number of phenolic OH excluding ortho intramolecular Hbond substituents is 1. The molecule has 1 N–H and O–H groups in total. The zero-order valence-corrected chi connectivity index (χ0v) is 26.7. The largest absolute Gasteiger partial charge is 0.508 e. The Hall–Kier alpha value is -4.38. The molecule has 0 aromatic heterocycles. The minimum Gasteiger partial charge on any atom is -0.508 e. The number of carbonyl (C=O) groups excluding carboxylic acids is 2. The average molecular weight is 615 g/mol. The van der Waals surface area contributed by atoms with Gasteiger partial charge in [-0.05, 0) is 128 Å². The van der Waals surface area contributed by atoms with E-state index in [2.05, 4.69) is 26.0 Å². The molecule has 2 fully saturated rings. The van der Waals surface area contributed by atoms with Crippen molar-refractivity contribution in [2.75, 3.05) is 0 Å². The predicted molar refractivity (Wildman–Crippen MR) is 179 cm³/mol. The Morgan fingerprint density at radius 1 is 0.652 bits per heavy atom. The third kappa shape index (κ3) is 5.40. The first-order valence-electron chi connectivity index (χ1n) is 16.8. The highest BCUT2D eigenvalue weighted by Crippen LogP contribution is 2.64. The van der Waals surface area contributed by atoms with Crippen LogP contribution >= 0.6 is 0 Å². The van der Waals surface area contributed by atoms with E-state index >= 15 is 0 Å². The van der Waals surface area contributed by atoms with Gasteiger partial charge in [-0.3, -0.25) is 0 Å². The van der Waals surface area contributed by atoms with Crippen molar-refractivity contribution in [3.8, 4) is 17.2 Å². The summed E-state index contributed by atoms with van der Waals surface area (Å²) in [6, 6.07) is 29.7. The molecule has 5 nitrogen and oxygen atoms in total. The molecule has 4 aromatic rings. The van der Waals surface area contributed by atoms with Gasteiger partial charge in [-0.25, -0.2) is 9.59 Å². The van der Waals surface area contributed by atoms with Gasteiger partial charge in [0.2, 0.25) is 0 Å². The first-order valence-corrected chi connectivity index (χ1v) is 16.8. The van der Waals surface area contributed by atoms with Crippen LogP contribution in [0.3, 0.4) is 0 Å². The molecule has 236 valence electrons. The highest BCUT2D eigenvalue weighted by molar-refractivity contribution is 5.91. The first-order chi connectivity index (χ1) is 22.3. The molecule has 0 radical (unpaired) electrons. The Morgan fingerprint density at radius 3 is 1.76 bits per heavy atom. The van der Waals surface area contributed by atoms with Crippen molar-refractivity contribution in [3.05, 3.63) is 125 Å². The highest BCUT2D eigenvalue weighted by Gasteiger charge is 2.59. The summed E-state index contributed by atoms with van der Waals surface area (Å²) in [7, 11) is 0. The normalized spacial score (nSPS) is 26.9. The molecule has 0 amide bonds. The predicted octanol–water partition coefficient (Wildman–Crippen LogP) is 9.21. The van der Waals surface area contributed by atoms with Gasteiger partial charge in [-0.15, -0.1) is 0 Å². The van der Waals surface area contributed by atoms with E-state index in [1.54, 1.807) is 42.5 Å². The van der Waals surface area contributed by atoms with Crippen LogP contribution in [0.5, 0.6) is 17.2 Å². The van der Waals surface area contributed by atoms with E-state index in [-0.39, 0.29) is 22.5 Å². The fourth-order valence-electron chi connectivity index (χ4n) is 8.97. The Labute approximate surface area is 271 Å². The summed E-state index contributed by atoms with van der Waals surface area (Å²) in [6.45, 7) is 4.73. The smallest absolute Gasteiger partial charge is 0.343 e. The summed E-state index contributed by atoms with van der Waals surface area (Å²) in [6.07, 6.45) is 8.45. The zero-order valence-electron chi connectivity index (χ0n) is 26.7. The summed E-state index contributed by atoms with van der Waals surface area (Å²) in [5, 5.41) is 11.7. The van der Waals surface area contributed by atoms with Gasteiger partial charge >= 0.3 is 11.9 Å². The summed E-state index contributed by atoms with van der Waals surface area (Å²) < 4.78 is 11.6. The van der Waals surface area contributed by atoms with Crippen LogP contribution < -0.4 is 9.47 Å². The minimum absolute atomic E-state index is 0.0262. The molecule has 0 bridgehead atoms. The molecule has 0 heterocycles. The van der Waals surface area contributed by atoms with Gasteiger partial charge in [0, 0.05) is 17.0 Å². The Bertz CT molecular complexity index is 1740. The van der Waals surface area contributed by atoms with E-state index in [1.165, 1.54) is 24.0 Å². The van der Waals surface area contributed by atoms with E-state index in [4.69, 9.17) is 9.47 Å². The van der Waals surface area contributed by atoms with Gasteiger partial charge in [0.25, 0.3) is 0 Å². The van der Waals surface area contributed by atoms with Crippen molar-refractivity contribution in [2.24, 2.45) is 17.8 Å². The van der Waals surface area contributed by atoms with E-state index in [0.717, 1.165) is 44.1 Å². The molecule has 3 aliphatic rings. The summed E-state index contributed by atoms with van der Waals surface area (Å²) in [5.41, 5.74) is 4.19. The third-order valence-electron chi connectivity index (χ3n) is 11.3. The second kappa shape index (κ2) is 12.1. The maximum atomic E-state index is 13.0. The van der Waals surface area contributed by atoms with Gasteiger partial charge in [0.05, 0.1) is 11.1 Å². The van der Waals surface area contributed by atoms with Gasteiger partial charge in [0.15, 0.2) is 0 Å². The molecular weight excluding hydrogens is 572 g/mol. The molecular formula is C41H42O5. The molecule has 3 atom stereocenters. The molecule has 7 rings (SSSR count). The number of benzene rings is 4. The van der Waals surface area contributed by atoms with Crippen LogP contribution in [0.1, 0.15) is 96.2 Å². The molecule has 0 aliphatic heterocycles. The maximum Gasteiger partial charge on any atom is 0.343 e. The van der Waals surface area contributed by atoms with Crippen molar-refractivity contribution >= 4 is 11.9 Å². The SMILES string of the molecule is CC1CCC2(CC1)c1ccc(OC(=O)c3ccccc3)cc1C[C@]1(c3ccc(OC(=O)c4ccccc4)cc3O)CC[C@H](C)C[C@H]21. The summed E-state index contributed by atoms with van der Waals surface area (Å²) in [4.78, 5) is 25.8. The van der Waals surface area contributed by atoms with Crippen LogP contribution in [-0.4, -0.2) is 17.0 Å². The van der Waals surface area contributed by atoms with E-state index in [9.17, 15) is 14.7 Å². The second-order valence-corrected chi connectivity index (χ2v) is 14.1. The van der Waals surface area contributed by atoms with Gasteiger partial charge < -0.3 is 14.6 Å². The lowest BCUT2D eigenvalue weighted by molar-refractivity contribution is 0.0203. The van der Waals surface area contributed by atoms with Gasteiger partial charge in [-0.1, -0.05) is 62.4 Å². The highest BCUT2D eigenvalue weighted by atomic mass is 16.5. The number of rotatable bonds is 5. The first kappa shape index (κ1) is 30.3. The Morgan fingerprint density at radius 2 is 1.17 bits per heavy atom. The molecule has 3 aliphatic carbocycles. The van der Waals surface area contributed by atoms with Crippen LogP contribution in [0.2, 0.25) is 0 Å².